The quantitative estimate of drug-likeness (QED) is 0.482. The summed E-state index contributed by atoms with van der Waals surface area (Å²) < 4.78 is 31.4. The van der Waals surface area contributed by atoms with Gasteiger partial charge in [-0.3, -0.25) is 14.4 Å². The van der Waals surface area contributed by atoms with Gasteiger partial charge in [-0.15, -0.1) is 10.2 Å². The summed E-state index contributed by atoms with van der Waals surface area (Å²) in [6, 6.07) is 6.52. The van der Waals surface area contributed by atoms with E-state index in [2.05, 4.69) is 15.5 Å². The average Bonchev–Trinajstić information content (AvgIpc) is 2.99. The van der Waals surface area contributed by atoms with Gasteiger partial charge in [-0.05, 0) is 31.2 Å². The fourth-order valence-electron chi connectivity index (χ4n) is 2.07. The summed E-state index contributed by atoms with van der Waals surface area (Å²) in [7, 11) is -3.65. The predicted molar refractivity (Wildman–Crippen MR) is 109 cm³/mol. The van der Waals surface area contributed by atoms with Gasteiger partial charge in [-0.2, -0.15) is 0 Å². The Bertz CT molecular complexity index is 866. The van der Waals surface area contributed by atoms with Gasteiger partial charge in [0, 0.05) is 5.25 Å². The Balaban J connectivity index is 2.09. The summed E-state index contributed by atoms with van der Waals surface area (Å²) in [5.41, 5.74) is 0.379. The topological polar surface area (TPSA) is 101 Å². The molecule has 0 saturated carbocycles. The summed E-state index contributed by atoms with van der Waals surface area (Å²) >= 11 is 2.79. The monoisotopic (exact) mass is 430 g/mol. The second-order valence-corrected chi connectivity index (χ2v) is 10.5. The van der Waals surface area contributed by atoms with Gasteiger partial charge >= 0.3 is 0 Å². The number of thioether (sulfide) groups is 1. The van der Waals surface area contributed by atoms with Crippen molar-refractivity contribution in [2.45, 2.75) is 30.4 Å². The van der Waals surface area contributed by atoms with Crippen molar-refractivity contribution in [1.82, 2.24) is 10.2 Å². The van der Waals surface area contributed by atoms with Gasteiger partial charge in [0.05, 0.1) is 18.6 Å². The fraction of sp³-hybridized carbons (Fsp3) is 0.438. The number of hydrogen-bond donors (Lipinski definition) is 1. The predicted octanol–water partition coefficient (Wildman–Crippen LogP) is 2.84. The summed E-state index contributed by atoms with van der Waals surface area (Å²) in [5, 5.41) is 11.2. The maximum atomic E-state index is 12.3. The molecule has 0 spiro atoms. The van der Waals surface area contributed by atoms with Crippen LogP contribution in [0.2, 0.25) is 0 Å². The molecule has 0 unspecified atom stereocenters. The molecule has 1 aromatic heterocycles. The number of carbonyl (C=O) groups excluding carboxylic acids is 1. The van der Waals surface area contributed by atoms with Crippen molar-refractivity contribution in [3.63, 3.8) is 0 Å². The summed E-state index contributed by atoms with van der Waals surface area (Å²) in [6.45, 7) is 6.07. The molecule has 0 aliphatic heterocycles. The van der Waals surface area contributed by atoms with Gasteiger partial charge in [0.2, 0.25) is 21.1 Å². The van der Waals surface area contributed by atoms with Crippen molar-refractivity contribution in [2.24, 2.45) is 0 Å². The normalized spacial score (nSPS) is 11.4. The lowest BCUT2D eigenvalue weighted by Gasteiger charge is -2.21. The van der Waals surface area contributed by atoms with E-state index in [0.29, 0.717) is 28.4 Å². The van der Waals surface area contributed by atoms with Crippen LogP contribution in [0.3, 0.4) is 0 Å². The Labute approximate surface area is 167 Å². The van der Waals surface area contributed by atoms with Crippen LogP contribution in [0.25, 0.3) is 0 Å². The number of anilines is 2. The van der Waals surface area contributed by atoms with Crippen LogP contribution in [0.1, 0.15) is 20.8 Å². The van der Waals surface area contributed by atoms with E-state index in [-0.39, 0.29) is 6.54 Å². The Hall–Kier alpha value is -1.85. The maximum Gasteiger partial charge on any atom is 0.246 e. The van der Waals surface area contributed by atoms with Gasteiger partial charge in [0.15, 0.2) is 4.34 Å². The molecule has 2 rings (SSSR count). The zero-order valence-corrected chi connectivity index (χ0v) is 17.9. The molecular formula is C16H22N4O4S3. The van der Waals surface area contributed by atoms with Crippen molar-refractivity contribution in [2.75, 3.05) is 29.0 Å². The summed E-state index contributed by atoms with van der Waals surface area (Å²) in [5.74, 6) is 0.134. The molecule has 1 aromatic carbocycles. The molecule has 1 heterocycles. The zero-order chi connectivity index (χ0) is 20.0. The van der Waals surface area contributed by atoms with E-state index < -0.39 is 15.9 Å². The molecule has 2 aromatic rings. The number of rotatable bonds is 9. The largest absolute Gasteiger partial charge is 0.494 e. The molecule has 0 aliphatic carbocycles. The van der Waals surface area contributed by atoms with Crippen molar-refractivity contribution < 1.29 is 17.9 Å². The number of carbonyl (C=O) groups is 1. The third-order valence-electron chi connectivity index (χ3n) is 3.11. The van der Waals surface area contributed by atoms with Crippen LogP contribution in [-0.2, 0) is 14.8 Å². The molecular weight excluding hydrogens is 408 g/mol. The SMILES string of the molecule is CCOc1ccc(N(CC(=O)Nc2nnc(SC(C)C)s2)S(C)(=O)=O)cc1. The van der Waals surface area contributed by atoms with Crippen LogP contribution in [0.4, 0.5) is 10.8 Å². The van der Waals surface area contributed by atoms with Crippen molar-refractivity contribution in [3.8, 4) is 5.75 Å². The van der Waals surface area contributed by atoms with E-state index in [1.54, 1.807) is 36.0 Å². The smallest absolute Gasteiger partial charge is 0.246 e. The van der Waals surface area contributed by atoms with E-state index in [4.69, 9.17) is 4.74 Å². The van der Waals surface area contributed by atoms with Crippen molar-refractivity contribution >= 4 is 49.8 Å². The number of aromatic nitrogens is 2. The first-order valence-electron chi connectivity index (χ1n) is 8.19. The molecule has 0 fully saturated rings. The van der Waals surface area contributed by atoms with E-state index in [9.17, 15) is 13.2 Å². The lowest BCUT2D eigenvalue weighted by Crippen LogP contribution is -2.37. The first kappa shape index (κ1) is 21.5. The zero-order valence-electron chi connectivity index (χ0n) is 15.5. The highest BCUT2D eigenvalue weighted by Crippen LogP contribution is 2.28. The number of sulfonamides is 1. The third-order valence-corrected chi connectivity index (χ3v) is 6.18. The van der Waals surface area contributed by atoms with Gasteiger partial charge in [0.1, 0.15) is 12.3 Å². The van der Waals surface area contributed by atoms with Crippen LogP contribution in [0.15, 0.2) is 28.6 Å². The van der Waals surface area contributed by atoms with E-state index >= 15 is 0 Å². The maximum absolute atomic E-state index is 12.3. The standard InChI is InChI=1S/C16H22N4O4S3/c1-5-24-13-8-6-12(7-9-13)20(27(4,22)23)10-14(21)17-15-18-19-16(26-15)25-11(2)3/h6-9,11H,5,10H2,1-4H3,(H,17,18,21). The van der Waals surface area contributed by atoms with E-state index in [0.717, 1.165) is 14.9 Å². The second kappa shape index (κ2) is 9.38. The Morgan fingerprint density at radius 2 is 1.96 bits per heavy atom. The number of nitrogens with zero attached hydrogens (tertiary/aromatic N) is 3. The number of ether oxygens (including phenoxy) is 1. The number of amides is 1. The highest BCUT2D eigenvalue weighted by molar-refractivity contribution is 8.01. The van der Waals surface area contributed by atoms with E-state index in [1.807, 2.05) is 20.8 Å². The number of nitrogens with one attached hydrogen (secondary N) is 1. The molecule has 0 saturated heterocycles. The average molecular weight is 431 g/mol. The molecule has 1 amide bonds. The third kappa shape index (κ3) is 6.67. The Kier molecular flexibility index (Phi) is 7.45. The number of hydrogen-bond acceptors (Lipinski definition) is 8. The van der Waals surface area contributed by atoms with Crippen molar-refractivity contribution in [1.29, 1.82) is 0 Å². The summed E-state index contributed by atoms with van der Waals surface area (Å²) in [4.78, 5) is 12.3. The molecule has 1 N–H and O–H groups in total. The minimum atomic E-state index is -3.65. The molecule has 27 heavy (non-hydrogen) atoms. The second-order valence-electron chi connectivity index (χ2n) is 5.78. The van der Waals surface area contributed by atoms with Crippen molar-refractivity contribution in [3.05, 3.63) is 24.3 Å². The Morgan fingerprint density at radius 3 is 2.52 bits per heavy atom. The minimum Gasteiger partial charge on any atom is -0.494 e. The minimum absolute atomic E-state index is 0.336. The van der Waals surface area contributed by atoms with Crippen LogP contribution < -0.4 is 14.4 Å². The van der Waals surface area contributed by atoms with Gasteiger partial charge < -0.3 is 4.74 Å². The molecule has 11 heteroatoms. The lowest BCUT2D eigenvalue weighted by atomic mass is 10.3. The fourth-order valence-corrected chi connectivity index (χ4v) is 4.92. The first-order valence-corrected chi connectivity index (χ1v) is 11.7. The number of benzene rings is 1. The lowest BCUT2D eigenvalue weighted by molar-refractivity contribution is -0.114. The van der Waals surface area contributed by atoms with Crippen LogP contribution in [0, 0.1) is 0 Å². The molecule has 148 valence electrons. The first-order chi connectivity index (χ1) is 12.7. The highest BCUT2D eigenvalue weighted by atomic mass is 32.2. The molecule has 0 radical (unpaired) electrons. The summed E-state index contributed by atoms with van der Waals surface area (Å²) in [6.07, 6.45) is 1.05. The molecule has 0 atom stereocenters. The van der Waals surface area contributed by atoms with Gasteiger partial charge in [0.25, 0.3) is 0 Å². The van der Waals surface area contributed by atoms with Gasteiger partial charge in [-0.1, -0.05) is 36.9 Å². The van der Waals surface area contributed by atoms with Crippen LogP contribution in [-0.4, -0.2) is 49.2 Å². The molecule has 0 aliphatic rings. The van der Waals surface area contributed by atoms with Crippen LogP contribution in [0.5, 0.6) is 5.75 Å². The van der Waals surface area contributed by atoms with Crippen LogP contribution >= 0.6 is 23.1 Å². The Morgan fingerprint density at radius 1 is 1.30 bits per heavy atom. The van der Waals surface area contributed by atoms with E-state index in [1.165, 1.54) is 11.3 Å². The molecule has 8 nitrogen and oxygen atoms in total. The van der Waals surface area contributed by atoms with Gasteiger partial charge in [-0.25, -0.2) is 8.42 Å². The highest BCUT2D eigenvalue weighted by Gasteiger charge is 2.22. The molecule has 0 bridgehead atoms.